The van der Waals surface area contributed by atoms with Crippen molar-refractivity contribution in [1.82, 2.24) is 9.88 Å². The van der Waals surface area contributed by atoms with Crippen LogP contribution in [0.4, 0.5) is 0 Å². The van der Waals surface area contributed by atoms with Crippen molar-refractivity contribution < 1.29 is 14.3 Å². The molecule has 0 saturated carbocycles. The maximum Gasteiger partial charge on any atom is 0.329 e. The molecule has 2 rings (SSSR count). The first-order valence-electron chi connectivity index (χ1n) is 7.85. The van der Waals surface area contributed by atoms with Crippen molar-refractivity contribution in [3.05, 3.63) is 51.5 Å². The lowest BCUT2D eigenvalue weighted by Gasteiger charge is -2.26. The zero-order valence-corrected chi connectivity index (χ0v) is 15.2. The van der Waals surface area contributed by atoms with Gasteiger partial charge in [-0.3, -0.25) is 4.79 Å². The fourth-order valence-electron chi connectivity index (χ4n) is 2.49. The molecule has 0 fully saturated rings. The first-order valence-corrected chi connectivity index (χ1v) is 8.67. The third-order valence-corrected chi connectivity index (χ3v) is 4.78. The minimum Gasteiger partial charge on any atom is -0.464 e. The van der Waals surface area contributed by atoms with Gasteiger partial charge in [0.15, 0.2) is 0 Å². The molecule has 0 aliphatic heterocycles. The third-order valence-electron chi connectivity index (χ3n) is 3.72. The van der Waals surface area contributed by atoms with Gasteiger partial charge in [0.25, 0.3) is 5.91 Å². The maximum atomic E-state index is 12.8. The van der Waals surface area contributed by atoms with Crippen LogP contribution >= 0.6 is 11.3 Å². The number of benzene rings is 1. The number of aryl methyl sites for hydroxylation is 2. The number of ether oxygens (including phenoxy) is 1. The number of hydrogen-bond acceptors (Lipinski definition) is 5. The summed E-state index contributed by atoms with van der Waals surface area (Å²) in [4.78, 5) is 31.5. The topological polar surface area (TPSA) is 59.5 Å². The van der Waals surface area contributed by atoms with Gasteiger partial charge >= 0.3 is 5.97 Å². The molecule has 0 saturated heterocycles. The summed E-state index contributed by atoms with van der Waals surface area (Å²) < 4.78 is 5.17. The standard InChI is InChI=1S/C18H22N2O3S/c1-5-23-18(22)15(11-14-9-7-6-8-10-14)20(4)17(21)16-12(2)19-13(3)24-16/h6-10,15H,5,11H2,1-4H3/t15-/m0/s1. The fraction of sp³-hybridized carbons (Fsp3) is 0.389. The van der Waals surface area contributed by atoms with Gasteiger partial charge in [-0.1, -0.05) is 30.3 Å². The van der Waals surface area contributed by atoms with E-state index >= 15 is 0 Å². The average molecular weight is 346 g/mol. The summed E-state index contributed by atoms with van der Waals surface area (Å²) in [5, 5.41) is 0.833. The van der Waals surface area contributed by atoms with Crippen molar-refractivity contribution in [1.29, 1.82) is 0 Å². The summed E-state index contributed by atoms with van der Waals surface area (Å²) in [5.41, 5.74) is 1.67. The predicted octanol–water partition coefficient (Wildman–Crippen LogP) is 3.01. The molecule has 0 bridgehead atoms. The second-order valence-corrected chi connectivity index (χ2v) is 6.72. The zero-order chi connectivity index (χ0) is 17.7. The van der Waals surface area contributed by atoms with Crippen LogP contribution in [0.25, 0.3) is 0 Å². The minimum atomic E-state index is -0.665. The molecule has 0 spiro atoms. The molecule has 1 aromatic carbocycles. The lowest BCUT2D eigenvalue weighted by atomic mass is 10.0. The quantitative estimate of drug-likeness (QED) is 0.755. The third kappa shape index (κ3) is 4.20. The number of hydrogen-bond donors (Lipinski definition) is 0. The van der Waals surface area contributed by atoms with E-state index in [1.165, 1.54) is 16.2 Å². The Balaban J connectivity index is 2.26. The number of likely N-dealkylation sites (N-methyl/N-ethyl adjacent to an activating group) is 1. The number of rotatable bonds is 6. The molecular formula is C18H22N2O3S. The Morgan fingerprint density at radius 2 is 1.92 bits per heavy atom. The molecule has 1 atom stereocenters. The van der Waals surface area contributed by atoms with E-state index in [0.29, 0.717) is 17.0 Å². The Morgan fingerprint density at radius 3 is 2.46 bits per heavy atom. The van der Waals surface area contributed by atoms with Crippen LogP contribution in [0, 0.1) is 13.8 Å². The van der Waals surface area contributed by atoms with E-state index in [2.05, 4.69) is 4.98 Å². The highest BCUT2D eigenvalue weighted by atomic mass is 32.1. The number of esters is 1. The predicted molar refractivity (Wildman–Crippen MR) is 94.2 cm³/mol. The van der Waals surface area contributed by atoms with Gasteiger partial charge in [0.2, 0.25) is 0 Å². The summed E-state index contributed by atoms with van der Waals surface area (Å²) in [5.74, 6) is -0.594. The van der Waals surface area contributed by atoms with E-state index in [1.807, 2.05) is 37.3 Å². The molecule has 1 amide bonds. The highest BCUT2D eigenvalue weighted by Crippen LogP contribution is 2.21. The van der Waals surface area contributed by atoms with Crippen molar-refractivity contribution in [3.8, 4) is 0 Å². The molecule has 0 unspecified atom stereocenters. The molecule has 128 valence electrons. The highest BCUT2D eigenvalue weighted by molar-refractivity contribution is 7.13. The van der Waals surface area contributed by atoms with Crippen molar-refractivity contribution in [2.24, 2.45) is 0 Å². The van der Waals surface area contributed by atoms with Crippen LogP contribution in [0.5, 0.6) is 0 Å². The number of aromatic nitrogens is 1. The van der Waals surface area contributed by atoms with E-state index < -0.39 is 12.0 Å². The highest BCUT2D eigenvalue weighted by Gasteiger charge is 2.30. The molecule has 6 heteroatoms. The lowest BCUT2D eigenvalue weighted by molar-refractivity contribution is -0.148. The first-order chi connectivity index (χ1) is 11.4. The molecule has 0 N–H and O–H groups in total. The van der Waals surface area contributed by atoms with Gasteiger partial charge in [0, 0.05) is 13.5 Å². The Hall–Kier alpha value is -2.21. The van der Waals surface area contributed by atoms with Crippen LogP contribution in [0.2, 0.25) is 0 Å². The molecular weight excluding hydrogens is 324 g/mol. The zero-order valence-electron chi connectivity index (χ0n) is 14.4. The van der Waals surface area contributed by atoms with Crippen LogP contribution < -0.4 is 0 Å². The van der Waals surface area contributed by atoms with E-state index in [9.17, 15) is 9.59 Å². The summed E-state index contributed by atoms with van der Waals surface area (Å²) >= 11 is 1.35. The van der Waals surface area contributed by atoms with Crippen LogP contribution in [-0.2, 0) is 16.0 Å². The Morgan fingerprint density at radius 1 is 1.25 bits per heavy atom. The molecule has 1 aromatic heterocycles. The normalized spacial score (nSPS) is 11.8. The van der Waals surface area contributed by atoms with Gasteiger partial charge in [-0.15, -0.1) is 11.3 Å². The van der Waals surface area contributed by atoms with Gasteiger partial charge in [-0.2, -0.15) is 0 Å². The second-order valence-electron chi connectivity index (χ2n) is 5.52. The number of nitrogens with zero attached hydrogens (tertiary/aromatic N) is 2. The van der Waals surface area contributed by atoms with Crippen LogP contribution in [0.3, 0.4) is 0 Å². The SMILES string of the molecule is CCOC(=O)[C@H](Cc1ccccc1)N(C)C(=O)c1sc(C)nc1C. The molecule has 0 aliphatic carbocycles. The van der Waals surface area contributed by atoms with Gasteiger partial charge in [0.1, 0.15) is 10.9 Å². The molecule has 2 aromatic rings. The van der Waals surface area contributed by atoms with Crippen LogP contribution in [-0.4, -0.2) is 41.5 Å². The van der Waals surface area contributed by atoms with Crippen molar-refractivity contribution in [2.45, 2.75) is 33.2 Å². The lowest BCUT2D eigenvalue weighted by Crippen LogP contribution is -2.44. The van der Waals surface area contributed by atoms with Crippen molar-refractivity contribution in [2.75, 3.05) is 13.7 Å². The largest absolute Gasteiger partial charge is 0.464 e. The number of carbonyl (C=O) groups excluding carboxylic acids is 2. The Kier molecular flexibility index (Phi) is 6.09. The molecule has 24 heavy (non-hydrogen) atoms. The van der Waals surface area contributed by atoms with E-state index in [-0.39, 0.29) is 12.5 Å². The smallest absolute Gasteiger partial charge is 0.329 e. The maximum absolute atomic E-state index is 12.8. The minimum absolute atomic E-state index is 0.202. The summed E-state index contributed by atoms with van der Waals surface area (Å²) in [6, 6.07) is 8.95. The first kappa shape index (κ1) is 18.1. The summed E-state index contributed by atoms with van der Waals surface area (Å²) in [6.07, 6.45) is 0.415. The van der Waals surface area contributed by atoms with E-state index in [0.717, 1.165) is 10.6 Å². The Bertz CT molecular complexity index is 712. The Labute approximate surface area is 146 Å². The summed E-state index contributed by atoms with van der Waals surface area (Å²) in [6.45, 7) is 5.71. The van der Waals surface area contributed by atoms with Crippen LogP contribution in [0.1, 0.15) is 32.9 Å². The van der Waals surface area contributed by atoms with Gasteiger partial charge in [-0.25, -0.2) is 9.78 Å². The van der Waals surface area contributed by atoms with Crippen molar-refractivity contribution in [3.63, 3.8) is 0 Å². The average Bonchev–Trinajstić information content (AvgIpc) is 2.91. The summed E-state index contributed by atoms with van der Waals surface area (Å²) in [7, 11) is 1.64. The molecule has 0 aliphatic rings. The molecule has 5 nitrogen and oxygen atoms in total. The number of amides is 1. The van der Waals surface area contributed by atoms with E-state index in [1.54, 1.807) is 20.9 Å². The van der Waals surface area contributed by atoms with Gasteiger partial charge in [0.05, 0.1) is 17.3 Å². The van der Waals surface area contributed by atoms with Gasteiger partial charge < -0.3 is 9.64 Å². The number of thiazole rings is 1. The number of carbonyl (C=O) groups is 2. The monoisotopic (exact) mass is 346 g/mol. The molecule has 1 heterocycles. The second kappa shape index (κ2) is 8.06. The molecule has 0 radical (unpaired) electrons. The fourth-order valence-corrected chi connectivity index (χ4v) is 3.39. The van der Waals surface area contributed by atoms with E-state index in [4.69, 9.17) is 4.74 Å². The van der Waals surface area contributed by atoms with Crippen molar-refractivity contribution >= 4 is 23.2 Å². The van der Waals surface area contributed by atoms with Crippen LogP contribution in [0.15, 0.2) is 30.3 Å². The van der Waals surface area contributed by atoms with Gasteiger partial charge in [-0.05, 0) is 26.3 Å².